The van der Waals surface area contributed by atoms with Crippen LogP contribution >= 0.6 is 0 Å². The smallest absolute Gasteiger partial charge is 0.254 e. The lowest BCUT2D eigenvalue weighted by molar-refractivity contribution is -0.121. The number of benzene rings is 1. The number of para-hydroxylation sites is 1. The molecule has 136 valence electrons. The van der Waals surface area contributed by atoms with Crippen LogP contribution in [0.1, 0.15) is 23.2 Å². The lowest BCUT2D eigenvalue weighted by Crippen LogP contribution is -2.39. The van der Waals surface area contributed by atoms with Gasteiger partial charge in [-0.25, -0.2) is 4.98 Å². The minimum atomic E-state index is -0.199. The lowest BCUT2D eigenvalue weighted by atomic mass is 10.0. The molecule has 2 aromatic heterocycles. The Hall–Kier alpha value is -3.28. The number of carbonyl (C=O) groups is 2. The van der Waals surface area contributed by atoms with Crippen LogP contribution in [0.15, 0.2) is 54.9 Å². The Labute approximate surface area is 157 Å². The Kier molecular flexibility index (Phi) is 4.54. The third-order valence-electron chi connectivity index (χ3n) is 4.59. The highest BCUT2D eigenvalue weighted by atomic mass is 16.2. The summed E-state index contributed by atoms with van der Waals surface area (Å²) in [4.78, 5) is 35.3. The number of nitrogens with one attached hydrogen (secondary N) is 1. The number of likely N-dealkylation sites (N-methyl/N-ethyl adjacent to an activating group) is 1. The van der Waals surface area contributed by atoms with Gasteiger partial charge in [-0.3, -0.25) is 14.6 Å². The van der Waals surface area contributed by atoms with Crippen molar-refractivity contribution < 1.29 is 9.59 Å². The van der Waals surface area contributed by atoms with E-state index in [9.17, 15) is 9.59 Å². The van der Waals surface area contributed by atoms with E-state index in [1.165, 1.54) is 4.90 Å². The van der Waals surface area contributed by atoms with Crippen LogP contribution < -0.4 is 5.32 Å². The number of carbonyl (C=O) groups excluding carboxylic acids is 2. The van der Waals surface area contributed by atoms with Crippen LogP contribution in [-0.2, 0) is 4.79 Å². The highest BCUT2D eigenvalue weighted by molar-refractivity contribution is 6.07. The molecule has 2 amide bonds. The Morgan fingerprint density at radius 2 is 1.89 bits per heavy atom. The molecule has 0 atom stereocenters. The Balaban J connectivity index is 1.68. The highest BCUT2D eigenvalue weighted by Crippen LogP contribution is 2.25. The van der Waals surface area contributed by atoms with Gasteiger partial charge in [0.15, 0.2) is 0 Å². The molecule has 1 aliphatic rings. The summed E-state index contributed by atoms with van der Waals surface area (Å²) in [6.07, 6.45) is 5.44. The molecule has 27 heavy (non-hydrogen) atoms. The van der Waals surface area contributed by atoms with Gasteiger partial charge in [-0.1, -0.05) is 18.2 Å². The third-order valence-corrected chi connectivity index (χ3v) is 4.59. The zero-order chi connectivity index (χ0) is 18.8. The first-order valence-corrected chi connectivity index (χ1v) is 8.97. The molecule has 0 unspecified atom stereocenters. The average Bonchev–Trinajstić information content (AvgIpc) is 3.51. The molecule has 4 rings (SSSR count). The zero-order valence-electron chi connectivity index (χ0n) is 15.1. The number of amides is 2. The minimum absolute atomic E-state index is 0.0383. The molecule has 0 saturated heterocycles. The molecule has 6 heteroatoms. The molecule has 1 N–H and O–H groups in total. The SMILES string of the molecule is CN(CC(=O)NC1CC1)C(=O)c1cc(-c2ccncc2)nc2ccccc12. The predicted molar refractivity (Wildman–Crippen MR) is 103 cm³/mol. The van der Waals surface area contributed by atoms with Crippen LogP contribution in [0.3, 0.4) is 0 Å². The zero-order valence-corrected chi connectivity index (χ0v) is 15.1. The van der Waals surface area contributed by atoms with Crippen molar-refractivity contribution in [3.8, 4) is 11.3 Å². The normalized spacial score (nSPS) is 13.4. The van der Waals surface area contributed by atoms with E-state index in [0.29, 0.717) is 11.3 Å². The van der Waals surface area contributed by atoms with Crippen LogP contribution in [0.25, 0.3) is 22.2 Å². The quantitative estimate of drug-likeness (QED) is 0.759. The van der Waals surface area contributed by atoms with Gasteiger partial charge in [0.05, 0.1) is 23.3 Å². The maximum absolute atomic E-state index is 13.1. The van der Waals surface area contributed by atoms with Gasteiger partial charge in [-0.2, -0.15) is 0 Å². The number of hydrogen-bond donors (Lipinski definition) is 1. The van der Waals surface area contributed by atoms with E-state index in [2.05, 4.69) is 15.3 Å². The first-order chi connectivity index (χ1) is 13.1. The number of pyridine rings is 2. The second-order valence-electron chi connectivity index (χ2n) is 6.81. The maximum Gasteiger partial charge on any atom is 0.254 e. The number of hydrogen-bond acceptors (Lipinski definition) is 4. The van der Waals surface area contributed by atoms with Crippen molar-refractivity contribution in [2.45, 2.75) is 18.9 Å². The van der Waals surface area contributed by atoms with Gasteiger partial charge in [-0.05, 0) is 37.1 Å². The standard InChI is InChI=1S/C21H20N4O2/c1-25(13-20(26)23-15-6-7-15)21(27)17-12-19(14-8-10-22-11-9-14)24-18-5-3-2-4-16(17)18/h2-5,8-12,15H,6-7,13H2,1H3,(H,23,26). The molecule has 0 spiro atoms. The molecule has 2 heterocycles. The molecule has 1 aliphatic carbocycles. The van der Waals surface area contributed by atoms with Crippen molar-refractivity contribution in [2.24, 2.45) is 0 Å². The molecule has 3 aromatic rings. The average molecular weight is 360 g/mol. The molecule has 0 aliphatic heterocycles. The van der Waals surface area contributed by atoms with E-state index in [1.54, 1.807) is 25.5 Å². The van der Waals surface area contributed by atoms with Crippen LogP contribution in [0.5, 0.6) is 0 Å². The van der Waals surface area contributed by atoms with Gasteiger partial charge in [0.25, 0.3) is 5.91 Å². The summed E-state index contributed by atoms with van der Waals surface area (Å²) >= 11 is 0. The monoisotopic (exact) mass is 360 g/mol. The van der Waals surface area contributed by atoms with Gasteiger partial charge in [0, 0.05) is 36.4 Å². The van der Waals surface area contributed by atoms with Gasteiger partial charge in [0.1, 0.15) is 0 Å². The minimum Gasteiger partial charge on any atom is -0.352 e. The fourth-order valence-corrected chi connectivity index (χ4v) is 3.02. The first kappa shape index (κ1) is 17.1. The highest BCUT2D eigenvalue weighted by Gasteiger charge is 2.25. The fraction of sp³-hybridized carbons (Fsp3) is 0.238. The van der Waals surface area contributed by atoms with E-state index in [4.69, 9.17) is 0 Å². The summed E-state index contributed by atoms with van der Waals surface area (Å²) < 4.78 is 0. The van der Waals surface area contributed by atoms with Crippen LogP contribution in [-0.4, -0.2) is 46.3 Å². The van der Waals surface area contributed by atoms with Gasteiger partial charge in [0.2, 0.25) is 5.91 Å². The summed E-state index contributed by atoms with van der Waals surface area (Å²) in [5.74, 6) is -0.323. The Morgan fingerprint density at radius 1 is 1.15 bits per heavy atom. The fourth-order valence-electron chi connectivity index (χ4n) is 3.02. The van der Waals surface area contributed by atoms with E-state index in [1.807, 2.05) is 36.4 Å². The summed E-state index contributed by atoms with van der Waals surface area (Å²) in [7, 11) is 1.65. The predicted octanol–water partition coefficient (Wildman–Crippen LogP) is 2.65. The summed E-state index contributed by atoms with van der Waals surface area (Å²) in [6, 6.07) is 13.3. The van der Waals surface area contributed by atoms with Gasteiger partial charge >= 0.3 is 0 Å². The summed E-state index contributed by atoms with van der Waals surface area (Å²) in [5, 5.41) is 3.69. The second kappa shape index (κ2) is 7.15. The Morgan fingerprint density at radius 3 is 2.63 bits per heavy atom. The molecule has 1 saturated carbocycles. The van der Waals surface area contributed by atoms with E-state index in [0.717, 1.165) is 29.3 Å². The lowest BCUT2D eigenvalue weighted by Gasteiger charge is -2.18. The number of rotatable bonds is 5. The number of fused-ring (bicyclic) bond motifs is 1. The van der Waals surface area contributed by atoms with Crippen molar-refractivity contribution in [2.75, 3.05) is 13.6 Å². The van der Waals surface area contributed by atoms with Crippen molar-refractivity contribution in [1.82, 2.24) is 20.2 Å². The molecule has 0 bridgehead atoms. The first-order valence-electron chi connectivity index (χ1n) is 8.97. The summed E-state index contributed by atoms with van der Waals surface area (Å²) in [6.45, 7) is 0.0383. The van der Waals surface area contributed by atoms with Crippen molar-refractivity contribution in [3.63, 3.8) is 0 Å². The molecular formula is C21H20N4O2. The maximum atomic E-state index is 13.1. The van der Waals surface area contributed by atoms with Crippen molar-refractivity contribution in [1.29, 1.82) is 0 Å². The van der Waals surface area contributed by atoms with Crippen molar-refractivity contribution in [3.05, 3.63) is 60.4 Å². The molecule has 6 nitrogen and oxygen atoms in total. The van der Waals surface area contributed by atoms with Gasteiger partial charge in [-0.15, -0.1) is 0 Å². The largest absolute Gasteiger partial charge is 0.352 e. The topological polar surface area (TPSA) is 75.2 Å². The van der Waals surface area contributed by atoms with E-state index < -0.39 is 0 Å². The molecule has 1 aromatic carbocycles. The van der Waals surface area contributed by atoms with E-state index in [-0.39, 0.29) is 24.4 Å². The third kappa shape index (κ3) is 3.79. The van der Waals surface area contributed by atoms with E-state index >= 15 is 0 Å². The number of nitrogens with zero attached hydrogens (tertiary/aromatic N) is 3. The molecule has 1 fully saturated rings. The van der Waals surface area contributed by atoms with Crippen LogP contribution in [0.4, 0.5) is 0 Å². The van der Waals surface area contributed by atoms with Crippen LogP contribution in [0.2, 0.25) is 0 Å². The van der Waals surface area contributed by atoms with Crippen LogP contribution in [0, 0.1) is 0 Å². The second-order valence-corrected chi connectivity index (χ2v) is 6.81. The Bertz CT molecular complexity index is 999. The molecular weight excluding hydrogens is 340 g/mol. The number of aromatic nitrogens is 2. The van der Waals surface area contributed by atoms with Gasteiger partial charge < -0.3 is 10.2 Å². The van der Waals surface area contributed by atoms with Crippen molar-refractivity contribution >= 4 is 22.7 Å². The molecule has 0 radical (unpaired) electrons. The summed E-state index contributed by atoms with van der Waals surface area (Å²) in [5.41, 5.74) is 2.87.